The first-order valence-corrected chi connectivity index (χ1v) is 10.9. The highest BCUT2D eigenvalue weighted by molar-refractivity contribution is 5.90. The Hall–Kier alpha value is -2.94. The normalized spacial score (nSPS) is 20.8. The molecule has 1 saturated heterocycles. The number of nitrogens with one attached hydrogen (secondary N) is 1. The molecule has 3 rings (SSSR count). The van der Waals surface area contributed by atoms with E-state index >= 15 is 0 Å². The van der Waals surface area contributed by atoms with E-state index in [-0.39, 0.29) is 13.2 Å². The summed E-state index contributed by atoms with van der Waals surface area (Å²) in [6.45, 7) is 5.08. The molecule has 0 aromatic heterocycles. The van der Waals surface area contributed by atoms with Crippen LogP contribution in [0.4, 0.5) is 0 Å². The average Bonchev–Trinajstić information content (AvgIpc) is 2.74. The summed E-state index contributed by atoms with van der Waals surface area (Å²) >= 11 is 0. The standard InChI is InChI=1S/C25H32N2O6/c1-15-4-7-17(23-21(29)12-19(28)13-33-23)11-18(15)10-16-5-8-20(9-6-16)32-14-22(30)27-25(2,3)24(26)31/h4-9,11,19,21,23,28-29H,10,12-14H2,1-3H3,(H2,26,31)(H,27,30)/t19-,21+,23-/m0/s1. The highest BCUT2D eigenvalue weighted by Crippen LogP contribution is 2.30. The van der Waals surface area contributed by atoms with E-state index in [0.717, 1.165) is 22.3 Å². The van der Waals surface area contributed by atoms with Gasteiger partial charge in [0.25, 0.3) is 5.91 Å². The second-order valence-corrected chi connectivity index (χ2v) is 9.04. The molecule has 0 spiro atoms. The lowest BCUT2D eigenvalue weighted by atomic mass is 9.92. The van der Waals surface area contributed by atoms with E-state index in [2.05, 4.69) is 5.32 Å². The van der Waals surface area contributed by atoms with Gasteiger partial charge >= 0.3 is 0 Å². The van der Waals surface area contributed by atoms with Crippen molar-refractivity contribution >= 4 is 11.8 Å². The van der Waals surface area contributed by atoms with Gasteiger partial charge in [0.15, 0.2) is 6.61 Å². The van der Waals surface area contributed by atoms with Crippen LogP contribution in [0.3, 0.4) is 0 Å². The van der Waals surface area contributed by atoms with E-state index in [0.29, 0.717) is 18.6 Å². The van der Waals surface area contributed by atoms with Gasteiger partial charge in [0.05, 0.1) is 18.8 Å². The molecular formula is C25H32N2O6. The molecule has 8 heteroatoms. The molecule has 2 amide bonds. The highest BCUT2D eigenvalue weighted by Gasteiger charge is 2.30. The number of aliphatic hydroxyl groups excluding tert-OH is 2. The van der Waals surface area contributed by atoms with Crippen molar-refractivity contribution in [1.82, 2.24) is 5.32 Å². The van der Waals surface area contributed by atoms with Crippen LogP contribution in [0.2, 0.25) is 0 Å². The molecule has 5 N–H and O–H groups in total. The van der Waals surface area contributed by atoms with Crippen molar-refractivity contribution in [2.24, 2.45) is 5.73 Å². The van der Waals surface area contributed by atoms with Gasteiger partial charge in [-0.3, -0.25) is 9.59 Å². The fraction of sp³-hybridized carbons (Fsp3) is 0.440. The number of carbonyl (C=O) groups excluding carboxylic acids is 2. The molecule has 1 heterocycles. The molecule has 178 valence electrons. The topological polar surface area (TPSA) is 131 Å². The lowest BCUT2D eigenvalue weighted by molar-refractivity contribution is -0.131. The van der Waals surface area contributed by atoms with Crippen molar-refractivity contribution in [3.63, 3.8) is 0 Å². The zero-order valence-electron chi connectivity index (χ0n) is 19.2. The third-order valence-corrected chi connectivity index (χ3v) is 5.79. The molecule has 0 bridgehead atoms. The summed E-state index contributed by atoms with van der Waals surface area (Å²) in [5.41, 5.74) is 8.29. The van der Waals surface area contributed by atoms with Crippen molar-refractivity contribution in [2.75, 3.05) is 13.2 Å². The number of hydrogen-bond acceptors (Lipinski definition) is 6. The van der Waals surface area contributed by atoms with Crippen molar-refractivity contribution in [1.29, 1.82) is 0 Å². The maximum Gasteiger partial charge on any atom is 0.258 e. The molecule has 1 aliphatic rings. The number of primary amides is 1. The first kappa shape index (κ1) is 24.7. The lowest BCUT2D eigenvalue weighted by Gasteiger charge is -2.31. The van der Waals surface area contributed by atoms with Crippen LogP contribution >= 0.6 is 0 Å². The molecule has 2 aromatic rings. The molecule has 8 nitrogen and oxygen atoms in total. The third-order valence-electron chi connectivity index (χ3n) is 5.79. The summed E-state index contributed by atoms with van der Waals surface area (Å²) in [6, 6.07) is 13.4. The first-order valence-electron chi connectivity index (χ1n) is 10.9. The molecule has 33 heavy (non-hydrogen) atoms. The Labute approximate surface area is 193 Å². The van der Waals surface area contributed by atoms with Gasteiger partial charge in [-0.1, -0.05) is 30.3 Å². The van der Waals surface area contributed by atoms with Gasteiger partial charge in [-0.2, -0.15) is 0 Å². The smallest absolute Gasteiger partial charge is 0.258 e. The number of ether oxygens (including phenoxy) is 2. The molecular weight excluding hydrogens is 424 g/mol. The van der Waals surface area contributed by atoms with Crippen LogP contribution in [0.15, 0.2) is 42.5 Å². The molecule has 0 radical (unpaired) electrons. The third kappa shape index (κ3) is 6.54. The van der Waals surface area contributed by atoms with Gasteiger partial charge in [0.2, 0.25) is 5.91 Å². The predicted octanol–water partition coefficient (Wildman–Crippen LogP) is 1.53. The van der Waals surface area contributed by atoms with E-state index in [1.54, 1.807) is 12.1 Å². The van der Waals surface area contributed by atoms with Crippen LogP contribution in [0.5, 0.6) is 5.75 Å². The molecule has 0 saturated carbocycles. The van der Waals surface area contributed by atoms with Gasteiger partial charge in [-0.25, -0.2) is 0 Å². The molecule has 1 fully saturated rings. The summed E-state index contributed by atoms with van der Waals surface area (Å²) in [5, 5.41) is 22.5. The van der Waals surface area contributed by atoms with Gasteiger partial charge in [-0.15, -0.1) is 0 Å². The fourth-order valence-electron chi connectivity index (χ4n) is 3.69. The van der Waals surface area contributed by atoms with Crippen molar-refractivity contribution < 1.29 is 29.3 Å². The van der Waals surface area contributed by atoms with Crippen LogP contribution < -0.4 is 15.8 Å². The second kappa shape index (κ2) is 10.3. The number of amides is 2. The van der Waals surface area contributed by atoms with Gasteiger partial charge in [0.1, 0.15) is 17.4 Å². The van der Waals surface area contributed by atoms with Crippen LogP contribution in [-0.2, 0) is 20.7 Å². The maximum absolute atomic E-state index is 12.0. The van der Waals surface area contributed by atoms with Crippen molar-refractivity contribution in [2.45, 2.75) is 57.5 Å². The van der Waals surface area contributed by atoms with E-state index in [4.69, 9.17) is 15.2 Å². The number of aliphatic hydroxyl groups is 2. The SMILES string of the molecule is Cc1ccc([C@@H]2OC[C@@H](O)C[C@H]2O)cc1Cc1ccc(OCC(=O)NC(C)(C)C(N)=O)cc1. The number of nitrogens with two attached hydrogens (primary N) is 1. The van der Waals surface area contributed by atoms with Crippen molar-refractivity contribution in [3.8, 4) is 5.75 Å². The van der Waals surface area contributed by atoms with Crippen LogP contribution in [0.1, 0.15) is 48.6 Å². The Morgan fingerprint density at radius 2 is 1.88 bits per heavy atom. The van der Waals surface area contributed by atoms with E-state index < -0.39 is 35.7 Å². The second-order valence-electron chi connectivity index (χ2n) is 9.04. The summed E-state index contributed by atoms with van der Waals surface area (Å²) in [6.07, 6.45) is -0.852. The number of rotatable bonds is 8. The predicted molar refractivity (Wildman–Crippen MR) is 123 cm³/mol. The molecule has 2 aromatic carbocycles. The monoisotopic (exact) mass is 456 g/mol. The number of carbonyl (C=O) groups is 2. The Balaban J connectivity index is 1.61. The number of hydrogen-bond donors (Lipinski definition) is 4. The quantitative estimate of drug-likeness (QED) is 0.476. The Morgan fingerprint density at radius 3 is 2.52 bits per heavy atom. The zero-order valence-corrected chi connectivity index (χ0v) is 19.2. The minimum atomic E-state index is -1.14. The van der Waals surface area contributed by atoms with E-state index in [1.165, 1.54) is 13.8 Å². The van der Waals surface area contributed by atoms with E-state index in [1.807, 2.05) is 37.3 Å². The molecule has 0 unspecified atom stereocenters. The molecule has 1 aliphatic heterocycles. The van der Waals surface area contributed by atoms with Gasteiger partial charge in [0, 0.05) is 6.42 Å². The van der Waals surface area contributed by atoms with Crippen molar-refractivity contribution in [3.05, 3.63) is 64.7 Å². The molecule has 3 atom stereocenters. The minimum absolute atomic E-state index is 0.213. The number of aryl methyl sites for hydroxylation is 1. The minimum Gasteiger partial charge on any atom is -0.484 e. The van der Waals surface area contributed by atoms with Crippen LogP contribution in [0, 0.1) is 6.92 Å². The highest BCUT2D eigenvalue weighted by atomic mass is 16.5. The molecule has 0 aliphatic carbocycles. The van der Waals surface area contributed by atoms with Crippen LogP contribution in [0.25, 0.3) is 0 Å². The largest absolute Gasteiger partial charge is 0.484 e. The lowest BCUT2D eigenvalue weighted by Crippen LogP contribution is -2.54. The summed E-state index contributed by atoms with van der Waals surface area (Å²) < 4.78 is 11.2. The summed E-state index contributed by atoms with van der Waals surface area (Å²) in [7, 11) is 0. The van der Waals surface area contributed by atoms with Gasteiger partial charge in [-0.05, 0) is 61.6 Å². The zero-order chi connectivity index (χ0) is 24.2. The fourth-order valence-corrected chi connectivity index (χ4v) is 3.69. The summed E-state index contributed by atoms with van der Waals surface area (Å²) in [4.78, 5) is 23.3. The Bertz CT molecular complexity index is 989. The number of benzene rings is 2. The van der Waals surface area contributed by atoms with E-state index in [9.17, 15) is 19.8 Å². The van der Waals surface area contributed by atoms with Crippen LogP contribution in [-0.4, -0.2) is 53.0 Å². The average molecular weight is 457 g/mol. The Morgan fingerprint density at radius 1 is 1.18 bits per heavy atom. The summed E-state index contributed by atoms with van der Waals surface area (Å²) in [5.74, 6) is -0.523. The maximum atomic E-state index is 12.0. The Kier molecular flexibility index (Phi) is 7.73. The first-order chi connectivity index (χ1) is 15.5. The van der Waals surface area contributed by atoms with Gasteiger partial charge < -0.3 is 30.7 Å².